The van der Waals surface area contributed by atoms with E-state index in [0.717, 1.165) is 5.56 Å². The number of anilines is 1. The molecule has 98 valence electrons. The fraction of sp³-hybridized carbons (Fsp3) is 0.333. The van der Waals surface area contributed by atoms with Crippen molar-refractivity contribution in [1.29, 1.82) is 0 Å². The molecule has 4 nitrogen and oxygen atoms in total. The zero-order chi connectivity index (χ0) is 13.7. The summed E-state index contributed by atoms with van der Waals surface area (Å²) in [5.41, 5.74) is 1.33. The summed E-state index contributed by atoms with van der Waals surface area (Å²) in [7, 11) is 0. The van der Waals surface area contributed by atoms with Crippen LogP contribution in [0.15, 0.2) is 23.4 Å². The number of hydrogen-bond acceptors (Lipinski definition) is 3. The van der Waals surface area contributed by atoms with Crippen LogP contribution in [0.5, 0.6) is 0 Å². The molecular formula is C12H14Cl2N2O2. The molecule has 0 aromatic heterocycles. The quantitative estimate of drug-likeness (QED) is 0.509. The van der Waals surface area contributed by atoms with Gasteiger partial charge < -0.3 is 0 Å². The molecule has 0 saturated heterocycles. The largest absolute Gasteiger partial charge is 0.437 e. The number of hydrogen-bond donors (Lipinski definition) is 1. The van der Waals surface area contributed by atoms with E-state index in [1.807, 2.05) is 13.8 Å². The van der Waals surface area contributed by atoms with Gasteiger partial charge in [-0.25, -0.2) is 4.79 Å². The number of nitrogens with one attached hydrogen (secondary N) is 1. The Bertz CT molecular complexity index is 473. The minimum absolute atomic E-state index is 0.00683. The normalized spacial score (nSPS) is 11.6. The molecule has 1 amide bonds. The molecule has 0 spiro atoms. The number of amides is 1. The zero-order valence-electron chi connectivity index (χ0n) is 10.3. The van der Waals surface area contributed by atoms with E-state index < -0.39 is 6.09 Å². The van der Waals surface area contributed by atoms with Crippen LogP contribution < -0.4 is 5.32 Å². The summed E-state index contributed by atoms with van der Waals surface area (Å²) < 4.78 is 0. The van der Waals surface area contributed by atoms with Gasteiger partial charge in [0, 0.05) is 16.6 Å². The molecule has 0 saturated carbocycles. The number of carbonyl (C=O) groups is 1. The Morgan fingerprint density at radius 1 is 1.44 bits per heavy atom. The molecule has 0 fully saturated rings. The molecule has 1 rings (SSSR count). The smallest absolute Gasteiger partial charge is 0.297 e. The van der Waals surface area contributed by atoms with Crippen molar-refractivity contribution in [3.8, 4) is 0 Å². The monoisotopic (exact) mass is 288 g/mol. The number of benzene rings is 1. The molecule has 1 aromatic rings. The van der Waals surface area contributed by atoms with Gasteiger partial charge in [0.1, 0.15) is 5.17 Å². The Balaban J connectivity index is 2.66. The van der Waals surface area contributed by atoms with Crippen LogP contribution in [0.1, 0.15) is 19.4 Å². The van der Waals surface area contributed by atoms with Gasteiger partial charge in [-0.3, -0.25) is 10.2 Å². The van der Waals surface area contributed by atoms with Crippen LogP contribution in [0.3, 0.4) is 0 Å². The maximum atomic E-state index is 11.5. The maximum Gasteiger partial charge on any atom is 0.437 e. The molecule has 0 aliphatic carbocycles. The predicted molar refractivity (Wildman–Crippen MR) is 74.4 cm³/mol. The Morgan fingerprint density at radius 2 is 2.11 bits per heavy atom. The molecule has 0 radical (unpaired) electrons. The van der Waals surface area contributed by atoms with Crippen LogP contribution in [0, 0.1) is 12.8 Å². The van der Waals surface area contributed by atoms with E-state index in [-0.39, 0.29) is 11.1 Å². The highest BCUT2D eigenvalue weighted by atomic mass is 35.5. The highest BCUT2D eigenvalue weighted by Crippen LogP contribution is 2.22. The molecule has 0 atom stereocenters. The van der Waals surface area contributed by atoms with Gasteiger partial charge >= 0.3 is 6.09 Å². The fourth-order valence-electron chi connectivity index (χ4n) is 1.07. The first-order chi connectivity index (χ1) is 8.41. The van der Waals surface area contributed by atoms with E-state index in [1.54, 1.807) is 25.1 Å². The van der Waals surface area contributed by atoms with Crippen molar-refractivity contribution < 1.29 is 9.63 Å². The molecular weight excluding hydrogens is 275 g/mol. The molecule has 0 heterocycles. The highest BCUT2D eigenvalue weighted by molar-refractivity contribution is 6.65. The Labute approximate surface area is 116 Å². The Kier molecular flexibility index (Phi) is 5.44. The lowest BCUT2D eigenvalue weighted by atomic mass is 10.2. The Morgan fingerprint density at radius 3 is 2.72 bits per heavy atom. The summed E-state index contributed by atoms with van der Waals surface area (Å²) in [5, 5.41) is 6.84. The van der Waals surface area contributed by atoms with E-state index >= 15 is 0 Å². The summed E-state index contributed by atoms with van der Waals surface area (Å²) in [6.45, 7) is 5.48. The van der Waals surface area contributed by atoms with Crippen molar-refractivity contribution in [3.05, 3.63) is 28.8 Å². The molecule has 0 unspecified atom stereocenters. The van der Waals surface area contributed by atoms with E-state index in [2.05, 4.69) is 15.3 Å². The third kappa shape index (κ3) is 4.20. The minimum Gasteiger partial charge on any atom is -0.297 e. The van der Waals surface area contributed by atoms with Gasteiger partial charge in [0.2, 0.25) is 0 Å². The SMILES string of the molecule is Cc1c(Cl)cccc1NC(=O)O/N=C(\Cl)C(C)C. The van der Waals surface area contributed by atoms with E-state index in [1.165, 1.54) is 0 Å². The second-order valence-corrected chi connectivity index (χ2v) is 4.78. The predicted octanol–water partition coefficient (Wildman–Crippen LogP) is 4.41. The molecule has 18 heavy (non-hydrogen) atoms. The van der Waals surface area contributed by atoms with Gasteiger partial charge in [0.25, 0.3) is 0 Å². The topological polar surface area (TPSA) is 50.7 Å². The summed E-state index contributed by atoms with van der Waals surface area (Å²) in [6.07, 6.45) is -0.709. The van der Waals surface area contributed by atoms with Crippen LogP contribution in [0.25, 0.3) is 0 Å². The van der Waals surface area contributed by atoms with E-state index in [9.17, 15) is 4.79 Å². The lowest BCUT2D eigenvalue weighted by Crippen LogP contribution is -2.13. The minimum atomic E-state index is -0.709. The van der Waals surface area contributed by atoms with Gasteiger partial charge in [-0.15, -0.1) is 0 Å². The fourth-order valence-corrected chi connectivity index (χ4v) is 1.28. The molecule has 0 aliphatic rings. The van der Waals surface area contributed by atoms with Gasteiger partial charge in [0.05, 0.1) is 0 Å². The maximum absolute atomic E-state index is 11.5. The van der Waals surface area contributed by atoms with Crippen molar-refractivity contribution in [3.63, 3.8) is 0 Å². The number of nitrogens with zero attached hydrogens (tertiary/aromatic N) is 1. The number of halogens is 2. The third-order valence-electron chi connectivity index (χ3n) is 2.20. The van der Waals surface area contributed by atoms with Crippen molar-refractivity contribution >= 4 is 40.2 Å². The first-order valence-electron chi connectivity index (χ1n) is 5.38. The van der Waals surface area contributed by atoms with Gasteiger partial charge in [-0.2, -0.15) is 0 Å². The second-order valence-electron chi connectivity index (χ2n) is 3.98. The van der Waals surface area contributed by atoms with Crippen LogP contribution in [-0.2, 0) is 4.84 Å². The number of oxime groups is 1. The van der Waals surface area contributed by atoms with Crippen molar-refractivity contribution in [2.45, 2.75) is 20.8 Å². The average Bonchev–Trinajstić information content (AvgIpc) is 2.32. The molecule has 0 aliphatic heterocycles. The van der Waals surface area contributed by atoms with Gasteiger partial charge in [0.15, 0.2) is 0 Å². The zero-order valence-corrected chi connectivity index (χ0v) is 11.8. The van der Waals surface area contributed by atoms with Crippen molar-refractivity contribution in [1.82, 2.24) is 0 Å². The highest BCUT2D eigenvalue weighted by Gasteiger charge is 2.08. The summed E-state index contributed by atoms with van der Waals surface area (Å²) in [5.74, 6) is 0.00683. The second kappa shape index (κ2) is 6.61. The Hall–Kier alpha value is -1.26. The average molecular weight is 289 g/mol. The third-order valence-corrected chi connectivity index (χ3v) is 3.11. The van der Waals surface area contributed by atoms with Crippen molar-refractivity contribution in [2.75, 3.05) is 5.32 Å². The van der Waals surface area contributed by atoms with Gasteiger partial charge in [-0.05, 0) is 24.6 Å². The number of rotatable bonds is 3. The van der Waals surface area contributed by atoms with Crippen LogP contribution in [-0.4, -0.2) is 11.3 Å². The lowest BCUT2D eigenvalue weighted by Gasteiger charge is -2.08. The summed E-state index contributed by atoms with van der Waals surface area (Å²) in [6, 6.07) is 5.19. The number of carbonyl (C=O) groups excluding carboxylic acids is 1. The van der Waals surface area contributed by atoms with Crippen LogP contribution in [0.4, 0.5) is 10.5 Å². The molecule has 1 aromatic carbocycles. The van der Waals surface area contributed by atoms with E-state index in [4.69, 9.17) is 23.2 Å². The summed E-state index contributed by atoms with van der Waals surface area (Å²) >= 11 is 11.7. The first kappa shape index (κ1) is 14.8. The molecule has 0 bridgehead atoms. The molecule has 1 N–H and O–H groups in total. The van der Waals surface area contributed by atoms with Crippen LogP contribution in [0.2, 0.25) is 5.02 Å². The van der Waals surface area contributed by atoms with Crippen molar-refractivity contribution in [2.24, 2.45) is 11.1 Å². The van der Waals surface area contributed by atoms with E-state index in [0.29, 0.717) is 10.7 Å². The molecule has 6 heteroatoms. The van der Waals surface area contributed by atoms with Crippen LogP contribution >= 0.6 is 23.2 Å². The lowest BCUT2D eigenvalue weighted by molar-refractivity contribution is 0.166. The standard InChI is InChI=1S/C12H14Cl2N2O2/c1-7(2)11(14)16-18-12(17)15-10-6-4-5-9(13)8(10)3/h4-7H,1-3H3,(H,15,17)/b16-11-. The van der Waals surface area contributed by atoms with Gasteiger partial charge in [-0.1, -0.05) is 48.3 Å². The summed E-state index contributed by atoms with van der Waals surface area (Å²) in [4.78, 5) is 16.1. The first-order valence-corrected chi connectivity index (χ1v) is 6.14.